The second kappa shape index (κ2) is 8.45. The van der Waals surface area contributed by atoms with E-state index in [1.165, 1.54) is 11.1 Å². The number of carbonyl (C=O) groups excluding carboxylic acids is 1. The predicted octanol–water partition coefficient (Wildman–Crippen LogP) is 3.94. The largest absolute Gasteiger partial charge is 0.366 e. The molecule has 0 unspecified atom stereocenters. The molecule has 0 aliphatic carbocycles. The van der Waals surface area contributed by atoms with Gasteiger partial charge in [0.05, 0.1) is 0 Å². The quantitative estimate of drug-likeness (QED) is 0.699. The Kier molecular flexibility index (Phi) is 5.81. The zero-order valence-electron chi connectivity index (χ0n) is 15.9. The Morgan fingerprint density at radius 2 is 1.44 bits per heavy atom. The van der Waals surface area contributed by atoms with Crippen LogP contribution in [0, 0.1) is 20.8 Å². The lowest BCUT2D eigenvalue weighted by atomic mass is 10.1. The zero-order valence-corrected chi connectivity index (χ0v) is 15.9. The summed E-state index contributed by atoms with van der Waals surface area (Å²) in [6.07, 6.45) is 0. The number of rotatable bonds is 6. The molecule has 2 aromatic carbocycles. The van der Waals surface area contributed by atoms with Crippen molar-refractivity contribution < 1.29 is 4.79 Å². The van der Waals surface area contributed by atoms with Crippen LogP contribution in [-0.2, 0) is 13.1 Å². The van der Waals surface area contributed by atoms with Crippen LogP contribution in [0.4, 0.5) is 5.82 Å². The van der Waals surface area contributed by atoms with Gasteiger partial charge in [-0.05, 0) is 43.0 Å². The van der Waals surface area contributed by atoms with Gasteiger partial charge in [-0.15, -0.1) is 0 Å². The van der Waals surface area contributed by atoms with Gasteiger partial charge in [0, 0.05) is 19.2 Å². The molecule has 3 rings (SSSR count). The zero-order chi connectivity index (χ0) is 19.2. The van der Waals surface area contributed by atoms with E-state index in [1.54, 1.807) is 13.0 Å². The Morgan fingerprint density at radius 1 is 0.852 bits per heavy atom. The molecule has 0 aliphatic rings. The number of hydrogen-bond donors (Lipinski definition) is 2. The van der Waals surface area contributed by atoms with Crippen LogP contribution in [0.1, 0.15) is 38.6 Å². The summed E-state index contributed by atoms with van der Waals surface area (Å²) in [4.78, 5) is 21.2. The topological polar surface area (TPSA) is 66.9 Å². The number of aromatic nitrogens is 2. The van der Waals surface area contributed by atoms with Crippen molar-refractivity contribution in [1.29, 1.82) is 0 Å². The lowest BCUT2D eigenvalue weighted by Gasteiger charge is -2.11. The molecule has 0 radical (unpaired) electrons. The minimum absolute atomic E-state index is 0.206. The molecule has 0 spiro atoms. The third-order valence-electron chi connectivity index (χ3n) is 4.49. The standard InChI is InChI=1S/C22H24N4O/c1-15-8-4-6-10-18(15)13-23-21-12-20(25-17(3)26-21)22(27)24-14-19-11-7-5-9-16(19)2/h4-12H,13-14H2,1-3H3,(H,24,27)(H,23,25,26). The minimum atomic E-state index is -0.206. The number of nitrogens with one attached hydrogen (secondary N) is 2. The lowest BCUT2D eigenvalue weighted by Crippen LogP contribution is -2.25. The molecule has 27 heavy (non-hydrogen) atoms. The number of aryl methyl sites for hydroxylation is 3. The fourth-order valence-electron chi connectivity index (χ4n) is 2.84. The summed E-state index contributed by atoms with van der Waals surface area (Å²) < 4.78 is 0. The van der Waals surface area contributed by atoms with Gasteiger partial charge >= 0.3 is 0 Å². The van der Waals surface area contributed by atoms with Crippen LogP contribution in [0.3, 0.4) is 0 Å². The van der Waals surface area contributed by atoms with E-state index < -0.39 is 0 Å². The van der Waals surface area contributed by atoms with Crippen LogP contribution >= 0.6 is 0 Å². The van der Waals surface area contributed by atoms with Gasteiger partial charge in [0.15, 0.2) is 0 Å². The SMILES string of the molecule is Cc1nc(NCc2ccccc2C)cc(C(=O)NCc2ccccc2C)n1. The van der Waals surface area contributed by atoms with Crippen molar-refractivity contribution in [3.05, 3.63) is 88.4 Å². The van der Waals surface area contributed by atoms with Gasteiger partial charge in [0.25, 0.3) is 5.91 Å². The summed E-state index contributed by atoms with van der Waals surface area (Å²) >= 11 is 0. The highest BCUT2D eigenvalue weighted by Gasteiger charge is 2.11. The normalized spacial score (nSPS) is 10.5. The van der Waals surface area contributed by atoms with E-state index in [0.717, 1.165) is 11.1 Å². The summed E-state index contributed by atoms with van der Waals surface area (Å²) in [5, 5.41) is 6.23. The van der Waals surface area contributed by atoms with Gasteiger partial charge in [-0.2, -0.15) is 0 Å². The van der Waals surface area contributed by atoms with Crippen LogP contribution in [0.5, 0.6) is 0 Å². The first kappa shape index (κ1) is 18.6. The Hall–Kier alpha value is -3.21. The molecular formula is C22H24N4O. The van der Waals surface area contributed by atoms with Crippen LogP contribution in [-0.4, -0.2) is 15.9 Å². The average Bonchev–Trinajstić information content (AvgIpc) is 2.66. The maximum absolute atomic E-state index is 12.5. The molecule has 2 N–H and O–H groups in total. The molecular weight excluding hydrogens is 336 g/mol. The number of nitrogens with zero attached hydrogens (tertiary/aromatic N) is 2. The van der Waals surface area contributed by atoms with E-state index in [2.05, 4.69) is 39.7 Å². The maximum atomic E-state index is 12.5. The third kappa shape index (κ3) is 4.91. The lowest BCUT2D eigenvalue weighted by molar-refractivity contribution is 0.0945. The van der Waals surface area contributed by atoms with Crippen LogP contribution < -0.4 is 10.6 Å². The molecule has 0 saturated heterocycles. The highest BCUT2D eigenvalue weighted by molar-refractivity contribution is 5.92. The van der Waals surface area contributed by atoms with E-state index in [9.17, 15) is 4.79 Å². The molecule has 0 aliphatic heterocycles. The van der Waals surface area contributed by atoms with Crippen molar-refractivity contribution in [2.45, 2.75) is 33.9 Å². The summed E-state index contributed by atoms with van der Waals surface area (Å²) in [6, 6.07) is 17.9. The van der Waals surface area contributed by atoms with Gasteiger partial charge < -0.3 is 10.6 Å². The summed E-state index contributed by atoms with van der Waals surface area (Å²) in [5.74, 6) is 1.00. The van der Waals surface area contributed by atoms with Gasteiger partial charge in [-0.1, -0.05) is 48.5 Å². The second-order valence-corrected chi connectivity index (χ2v) is 6.57. The Bertz CT molecular complexity index is 953. The maximum Gasteiger partial charge on any atom is 0.270 e. The minimum Gasteiger partial charge on any atom is -0.366 e. The van der Waals surface area contributed by atoms with Gasteiger partial charge in [0.2, 0.25) is 0 Å². The first-order valence-corrected chi connectivity index (χ1v) is 8.99. The first-order valence-electron chi connectivity index (χ1n) is 8.99. The van der Waals surface area contributed by atoms with Crippen molar-refractivity contribution in [3.8, 4) is 0 Å². The number of anilines is 1. The van der Waals surface area contributed by atoms with Crippen molar-refractivity contribution in [1.82, 2.24) is 15.3 Å². The number of amides is 1. The molecule has 0 atom stereocenters. The average molecular weight is 360 g/mol. The fraction of sp³-hybridized carbons (Fsp3) is 0.227. The molecule has 1 amide bonds. The molecule has 1 heterocycles. The number of carbonyl (C=O) groups is 1. The van der Waals surface area contributed by atoms with E-state index in [0.29, 0.717) is 30.4 Å². The molecule has 0 saturated carbocycles. The Morgan fingerprint density at radius 3 is 2.07 bits per heavy atom. The summed E-state index contributed by atoms with van der Waals surface area (Å²) in [6.45, 7) is 7.02. The van der Waals surface area contributed by atoms with Crippen molar-refractivity contribution in [2.75, 3.05) is 5.32 Å². The van der Waals surface area contributed by atoms with Gasteiger partial charge in [0.1, 0.15) is 17.3 Å². The fourth-order valence-corrected chi connectivity index (χ4v) is 2.84. The molecule has 0 bridgehead atoms. The highest BCUT2D eigenvalue weighted by atomic mass is 16.1. The van der Waals surface area contributed by atoms with Crippen LogP contribution in [0.25, 0.3) is 0 Å². The van der Waals surface area contributed by atoms with Crippen molar-refractivity contribution in [3.63, 3.8) is 0 Å². The van der Waals surface area contributed by atoms with Crippen molar-refractivity contribution >= 4 is 11.7 Å². The van der Waals surface area contributed by atoms with E-state index in [4.69, 9.17) is 0 Å². The summed E-state index contributed by atoms with van der Waals surface area (Å²) in [5.41, 5.74) is 5.02. The monoisotopic (exact) mass is 360 g/mol. The molecule has 1 aromatic heterocycles. The molecule has 5 nitrogen and oxygen atoms in total. The molecule has 5 heteroatoms. The number of hydrogen-bond acceptors (Lipinski definition) is 4. The highest BCUT2D eigenvalue weighted by Crippen LogP contribution is 2.12. The Balaban J connectivity index is 1.68. The van der Waals surface area contributed by atoms with E-state index in [1.807, 2.05) is 43.3 Å². The predicted molar refractivity (Wildman–Crippen MR) is 108 cm³/mol. The van der Waals surface area contributed by atoms with E-state index in [-0.39, 0.29) is 5.91 Å². The smallest absolute Gasteiger partial charge is 0.270 e. The first-order chi connectivity index (χ1) is 13.0. The molecule has 138 valence electrons. The summed E-state index contributed by atoms with van der Waals surface area (Å²) in [7, 11) is 0. The Labute approximate surface area is 159 Å². The second-order valence-electron chi connectivity index (χ2n) is 6.57. The van der Waals surface area contributed by atoms with E-state index >= 15 is 0 Å². The molecule has 3 aromatic rings. The third-order valence-corrected chi connectivity index (χ3v) is 4.49. The van der Waals surface area contributed by atoms with Crippen LogP contribution in [0.15, 0.2) is 54.6 Å². The van der Waals surface area contributed by atoms with Gasteiger partial charge in [-0.25, -0.2) is 9.97 Å². The molecule has 0 fully saturated rings. The van der Waals surface area contributed by atoms with Gasteiger partial charge in [-0.3, -0.25) is 4.79 Å². The van der Waals surface area contributed by atoms with Crippen LogP contribution in [0.2, 0.25) is 0 Å². The number of benzene rings is 2. The van der Waals surface area contributed by atoms with Crippen molar-refractivity contribution in [2.24, 2.45) is 0 Å².